The van der Waals surface area contributed by atoms with Gasteiger partial charge in [0.25, 0.3) is 5.91 Å². The van der Waals surface area contributed by atoms with Crippen molar-refractivity contribution in [3.05, 3.63) is 52.1 Å². The summed E-state index contributed by atoms with van der Waals surface area (Å²) in [6.07, 6.45) is 2.82. The van der Waals surface area contributed by atoms with Crippen LogP contribution >= 0.6 is 11.6 Å². The van der Waals surface area contributed by atoms with Crippen LogP contribution in [0.15, 0.2) is 30.0 Å². The summed E-state index contributed by atoms with van der Waals surface area (Å²) in [6, 6.07) is 6.96. The summed E-state index contributed by atoms with van der Waals surface area (Å²) in [4.78, 5) is 28.5. The SMILES string of the molecule is CCCn1c(C)cc(/C=C(\C#N)C(=O)OC(C)C(=O)Nc2cccnc2Cl)c1C. The standard InChI is InChI=1S/C21H23ClN4O3/c1-5-9-26-13(2)10-16(14(26)3)11-17(12-23)21(28)29-15(4)20(27)25-18-7-6-8-24-19(18)22/h6-8,10-11,15H,5,9H2,1-4H3,(H,25,27)/b17-11+. The Morgan fingerprint density at radius 1 is 1.45 bits per heavy atom. The molecule has 29 heavy (non-hydrogen) atoms. The molecule has 2 aromatic heterocycles. The summed E-state index contributed by atoms with van der Waals surface area (Å²) in [7, 11) is 0. The van der Waals surface area contributed by atoms with Crippen LogP contribution in [-0.4, -0.2) is 27.5 Å². The lowest BCUT2D eigenvalue weighted by molar-refractivity contribution is -0.148. The lowest BCUT2D eigenvalue weighted by Gasteiger charge is -2.13. The zero-order valence-electron chi connectivity index (χ0n) is 16.8. The number of hydrogen-bond donors (Lipinski definition) is 1. The Morgan fingerprint density at radius 2 is 2.17 bits per heavy atom. The molecule has 0 saturated carbocycles. The number of anilines is 1. The minimum Gasteiger partial charge on any atom is -0.448 e. The van der Waals surface area contributed by atoms with E-state index in [1.165, 1.54) is 19.2 Å². The number of nitrogens with zero attached hydrogens (tertiary/aromatic N) is 3. The molecule has 0 radical (unpaired) electrons. The van der Waals surface area contributed by atoms with E-state index in [0.717, 1.165) is 29.9 Å². The second-order valence-electron chi connectivity index (χ2n) is 6.53. The second-order valence-corrected chi connectivity index (χ2v) is 6.88. The van der Waals surface area contributed by atoms with Crippen molar-refractivity contribution in [2.24, 2.45) is 0 Å². The van der Waals surface area contributed by atoms with Crippen molar-refractivity contribution in [3.8, 4) is 6.07 Å². The predicted octanol–water partition coefficient (Wildman–Crippen LogP) is 4.04. The van der Waals surface area contributed by atoms with Crippen molar-refractivity contribution >= 4 is 35.2 Å². The van der Waals surface area contributed by atoms with Gasteiger partial charge >= 0.3 is 5.97 Å². The molecule has 1 amide bonds. The van der Waals surface area contributed by atoms with Crippen LogP contribution in [0.5, 0.6) is 0 Å². The maximum absolute atomic E-state index is 12.4. The van der Waals surface area contributed by atoms with E-state index in [4.69, 9.17) is 16.3 Å². The Hall–Kier alpha value is -3.11. The third kappa shape index (κ3) is 5.46. The lowest BCUT2D eigenvalue weighted by atomic mass is 10.1. The molecule has 0 aromatic carbocycles. The minimum atomic E-state index is -1.12. The largest absolute Gasteiger partial charge is 0.448 e. The lowest BCUT2D eigenvalue weighted by Crippen LogP contribution is -2.30. The van der Waals surface area contributed by atoms with E-state index in [9.17, 15) is 14.9 Å². The molecule has 7 nitrogen and oxygen atoms in total. The number of carbonyl (C=O) groups excluding carboxylic acids is 2. The summed E-state index contributed by atoms with van der Waals surface area (Å²) in [5.41, 5.74) is 2.90. The number of amides is 1. The predicted molar refractivity (Wildman–Crippen MR) is 111 cm³/mol. The van der Waals surface area contributed by atoms with Gasteiger partial charge in [0.15, 0.2) is 11.3 Å². The molecule has 1 N–H and O–H groups in total. The van der Waals surface area contributed by atoms with Crippen LogP contribution in [0.3, 0.4) is 0 Å². The number of rotatable bonds is 7. The molecule has 0 spiro atoms. The molecular formula is C21H23ClN4O3. The van der Waals surface area contributed by atoms with E-state index in [0.29, 0.717) is 5.69 Å². The molecule has 8 heteroatoms. The summed E-state index contributed by atoms with van der Waals surface area (Å²) in [5, 5.41) is 12.1. The minimum absolute atomic E-state index is 0.124. The Labute approximate surface area is 174 Å². The summed E-state index contributed by atoms with van der Waals surface area (Å²) in [5.74, 6) is -1.45. The van der Waals surface area contributed by atoms with E-state index < -0.39 is 18.0 Å². The third-order valence-electron chi connectivity index (χ3n) is 4.37. The summed E-state index contributed by atoms with van der Waals surface area (Å²) in [6.45, 7) is 8.26. The number of esters is 1. The van der Waals surface area contributed by atoms with Crippen molar-refractivity contribution in [2.75, 3.05) is 5.32 Å². The first kappa shape index (κ1) is 22.2. The van der Waals surface area contributed by atoms with Gasteiger partial charge in [-0.05, 0) is 57.0 Å². The van der Waals surface area contributed by atoms with Crippen LogP contribution in [0.4, 0.5) is 5.69 Å². The van der Waals surface area contributed by atoms with Crippen molar-refractivity contribution in [3.63, 3.8) is 0 Å². The van der Waals surface area contributed by atoms with Gasteiger partial charge in [0.1, 0.15) is 11.6 Å². The topological polar surface area (TPSA) is 97.0 Å². The van der Waals surface area contributed by atoms with Crippen LogP contribution in [0.25, 0.3) is 6.08 Å². The van der Waals surface area contributed by atoms with Gasteiger partial charge in [-0.15, -0.1) is 0 Å². The second kappa shape index (κ2) is 9.89. The Kier molecular flexibility index (Phi) is 7.57. The summed E-state index contributed by atoms with van der Waals surface area (Å²) < 4.78 is 7.29. The molecule has 0 bridgehead atoms. The average Bonchev–Trinajstić information content (AvgIpc) is 2.95. The van der Waals surface area contributed by atoms with Gasteiger partial charge in [-0.2, -0.15) is 5.26 Å². The normalized spacial score (nSPS) is 12.2. The van der Waals surface area contributed by atoms with Gasteiger partial charge < -0.3 is 14.6 Å². The number of aryl methyl sites for hydroxylation is 1. The molecular weight excluding hydrogens is 392 g/mol. The molecule has 0 aliphatic carbocycles. The Morgan fingerprint density at radius 3 is 2.79 bits per heavy atom. The van der Waals surface area contributed by atoms with Crippen LogP contribution in [-0.2, 0) is 20.9 Å². The van der Waals surface area contributed by atoms with Gasteiger partial charge in [-0.1, -0.05) is 18.5 Å². The highest BCUT2D eigenvalue weighted by Gasteiger charge is 2.22. The Bertz CT molecular complexity index is 988. The van der Waals surface area contributed by atoms with Crippen LogP contribution in [0.1, 0.15) is 37.2 Å². The molecule has 2 heterocycles. The highest BCUT2D eigenvalue weighted by Crippen LogP contribution is 2.20. The maximum atomic E-state index is 12.4. The van der Waals surface area contributed by atoms with Crippen LogP contribution in [0.2, 0.25) is 5.15 Å². The number of pyridine rings is 1. The number of aromatic nitrogens is 2. The first-order valence-electron chi connectivity index (χ1n) is 9.19. The van der Waals surface area contributed by atoms with E-state index >= 15 is 0 Å². The molecule has 0 aliphatic heterocycles. The van der Waals surface area contributed by atoms with E-state index in [2.05, 4.69) is 21.8 Å². The zero-order valence-corrected chi connectivity index (χ0v) is 17.6. The van der Waals surface area contributed by atoms with Crippen molar-refractivity contribution in [2.45, 2.75) is 46.8 Å². The number of nitriles is 1. The van der Waals surface area contributed by atoms with Gasteiger partial charge in [0.05, 0.1) is 5.69 Å². The number of hydrogen-bond acceptors (Lipinski definition) is 5. The molecule has 0 aliphatic rings. The number of nitrogens with one attached hydrogen (secondary N) is 1. The molecule has 0 fully saturated rings. The monoisotopic (exact) mass is 414 g/mol. The number of ether oxygens (including phenoxy) is 1. The van der Waals surface area contributed by atoms with Crippen LogP contribution < -0.4 is 5.32 Å². The van der Waals surface area contributed by atoms with Gasteiger partial charge in [0, 0.05) is 24.1 Å². The van der Waals surface area contributed by atoms with Crippen molar-refractivity contribution in [1.82, 2.24) is 9.55 Å². The molecule has 1 atom stereocenters. The third-order valence-corrected chi connectivity index (χ3v) is 4.67. The van der Waals surface area contributed by atoms with E-state index in [-0.39, 0.29) is 10.7 Å². The summed E-state index contributed by atoms with van der Waals surface area (Å²) >= 11 is 5.91. The van der Waals surface area contributed by atoms with Gasteiger partial charge in [0.2, 0.25) is 0 Å². The fraction of sp³-hybridized carbons (Fsp3) is 0.333. The molecule has 1 unspecified atom stereocenters. The molecule has 0 saturated heterocycles. The van der Waals surface area contributed by atoms with E-state index in [1.54, 1.807) is 12.1 Å². The number of halogens is 1. The number of carbonyl (C=O) groups is 2. The first-order valence-corrected chi connectivity index (χ1v) is 9.57. The van der Waals surface area contributed by atoms with E-state index in [1.807, 2.05) is 26.0 Å². The van der Waals surface area contributed by atoms with Crippen LogP contribution in [0, 0.1) is 25.2 Å². The smallest absolute Gasteiger partial charge is 0.349 e. The first-order chi connectivity index (χ1) is 13.8. The average molecular weight is 415 g/mol. The highest BCUT2D eigenvalue weighted by molar-refractivity contribution is 6.32. The van der Waals surface area contributed by atoms with Gasteiger partial charge in [-0.25, -0.2) is 9.78 Å². The van der Waals surface area contributed by atoms with Crippen molar-refractivity contribution < 1.29 is 14.3 Å². The fourth-order valence-corrected chi connectivity index (χ4v) is 2.99. The fourth-order valence-electron chi connectivity index (χ4n) is 2.83. The zero-order chi connectivity index (χ0) is 21.6. The highest BCUT2D eigenvalue weighted by atomic mass is 35.5. The molecule has 152 valence electrons. The van der Waals surface area contributed by atoms with Crippen molar-refractivity contribution in [1.29, 1.82) is 5.26 Å². The molecule has 2 rings (SSSR count). The quantitative estimate of drug-likeness (QED) is 0.319. The van der Waals surface area contributed by atoms with Gasteiger partial charge in [-0.3, -0.25) is 4.79 Å². The molecule has 2 aromatic rings. The maximum Gasteiger partial charge on any atom is 0.349 e. The Balaban J connectivity index is 2.12.